The van der Waals surface area contributed by atoms with E-state index in [2.05, 4.69) is 4.90 Å². The lowest BCUT2D eigenvalue weighted by Gasteiger charge is -2.26. The quantitative estimate of drug-likeness (QED) is 0.725. The van der Waals surface area contributed by atoms with Gasteiger partial charge in [0, 0.05) is 19.1 Å². The highest BCUT2D eigenvalue weighted by Gasteiger charge is 2.40. The number of hydrogen-bond acceptors (Lipinski definition) is 2. The average Bonchev–Trinajstić information content (AvgIpc) is 2.87. The van der Waals surface area contributed by atoms with Crippen LogP contribution >= 0.6 is 0 Å². The summed E-state index contributed by atoms with van der Waals surface area (Å²) in [6.07, 6.45) is 9.75. The molecule has 3 fully saturated rings. The monoisotopic (exact) mass is 250 g/mol. The predicted molar refractivity (Wildman–Crippen MR) is 72.0 cm³/mol. The lowest BCUT2D eigenvalue weighted by atomic mass is 9.94. The van der Waals surface area contributed by atoms with Crippen molar-refractivity contribution in [3.05, 3.63) is 0 Å². The second-order valence-corrected chi connectivity index (χ2v) is 6.60. The van der Waals surface area contributed by atoms with Gasteiger partial charge in [0.05, 0.1) is 5.92 Å². The number of nitrogens with two attached hydrogens (primary N) is 1. The van der Waals surface area contributed by atoms with E-state index in [9.17, 15) is 4.79 Å². The third-order valence-electron chi connectivity index (χ3n) is 5.42. The number of rotatable bonds is 1. The van der Waals surface area contributed by atoms with E-state index in [0.29, 0.717) is 5.91 Å². The molecule has 3 rings (SSSR count). The molecular weight excluding hydrogens is 224 g/mol. The van der Waals surface area contributed by atoms with Crippen molar-refractivity contribution in [1.29, 1.82) is 0 Å². The zero-order valence-corrected chi connectivity index (χ0v) is 11.3. The van der Waals surface area contributed by atoms with Gasteiger partial charge in [-0.25, -0.2) is 0 Å². The maximum absolute atomic E-state index is 12.6. The van der Waals surface area contributed by atoms with Crippen molar-refractivity contribution in [2.45, 2.75) is 57.4 Å². The Morgan fingerprint density at radius 1 is 0.889 bits per heavy atom. The van der Waals surface area contributed by atoms with Crippen LogP contribution in [0.2, 0.25) is 0 Å². The molecule has 4 unspecified atom stereocenters. The topological polar surface area (TPSA) is 46.3 Å². The van der Waals surface area contributed by atoms with E-state index in [-0.39, 0.29) is 12.0 Å². The second kappa shape index (κ2) is 5.20. The molecule has 2 saturated carbocycles. The van der Waals surface area contributed by atoms with Crippen LogP contribution < -0.4 is 5.73 Å². The van der Waals surface area contributed by atoms with Crippen molar-refractivity contribution in [1.82, 2.24) is 4.90 Å². The molecule has 1 amide bonds. The summed E-state index contributed by atoms with van der Waals surface area (Å²) in [6, 6.07) is 0.112. The number of amides is 1. The molecule has 0 aromatic rings. The predicted octanol–water partition coefficient (Wildman–Crippen LogP) is 2.15. The highest BCUT2D eigenvalue weighted by Crippen LogP contribution is 2.38. The smallest absolute Gasteiger partial charge is 0.227 e. The van der Waals surface area contributed by atoms with E-state index < -0.39 is 0 Å². The first kappa shape index (κ1) is 12.5. The first-order chi connectivity index (χ1) is 8.75. The van der Waals surface area contributed by atoms with Crippen LogP contribution in [-0.4, -0.2) is 29.9 Å². The number of carbonyl (C=O) groups is 1. The van der Waals surface area contributed by atoms with Crippen LogP contribution in [0.25, 0.3) is 0 Å². The van der Waals surface area contributed by atoms with Gasteiger partial charge in [-0.1, -0.05) is 25.7 Å². The Morgan fingerprint density at radius 2 is 1.56 bits per heavy atom. The van der Waals surface area contributed by atoms with Gasteiger partial charge in [0.1, 0.15) is 0 Å². The van der Waals surface area contributed by atoms with E-state index in [0.717, 1.165) is 37.8 Å². The number of likely N-dealkylation sites (tertiary alicyclic amines) is 1. The summed E-state index contributed by atoms with van der Waals surface area (Å²) in [5.41, 5.74) is 6.22. The van der Waals surface area contributed by atoms with Gasteiger partial charge < -0.3 is 10.6 Å². The van der Waals surface area contributed by atoms with Crippen LogP contribution in [0.3, 0.4) is 0 Å². The van der Waals surface area contributed by atoms with Gasteiger partial charge in [0.15, 0.2) is 0 Å². The van der Waals surface area contributed by atoms with Crippen molar-refractivity contribution in [2.24, 2.45) is 23.5 Å². The molecular formula is C15H26N2O. The van der Waals surface area contributed by atoms with Gasteiger partial charge in [0.25, 0.3) is 0 Å². The molecule has 2 aliphatic carbocycles. The number of fused-ring (bicyclic) bond motifs is 1. The molecule has 0 aromatic heterocycles. The minimum absolute atomic E-state index is 0.112. The summed E-state index contributed by atoms with van der Waals surface area (Å²) >= 11 is 0. The summed E-state index contributed by atoms with van der Waals surface area (Å²) in [4.78, 5) is 14.8. The highest BCUT2D eigenvalue weighted by molar-refractivity contribution is 5.80. The maximum Gasteiger partial charge on any atom is 0.227 e. The molecule has 0 spiro atoms. The molecule has 3 heteroatoms. The van der Waals surface area contributed by atoms with Crippen LogP contribution in [0, 0.1) is 17.8 Å². The summed E-state index contributed by atoms with van der Waals surface area (Å²) in [5.74, 6) is 2.09. The molecule has 3 aliphatic rings. The molecule has 18 heavy (non-hydrogen) atoms. The zero-order chi connectivity index (χ0) is 12.5. The number of nitrogens with zero attached hydrogens (tertiary/aromatic N) is 1. The molecule has 1 saturated heterocycles. The molecule has 2 N–H and O–H groups in total. The molecule has 0 bridgehead atoms. The second-order valence-electron chi connectivity index (χ2n) is 6.60. The molecule has 1 heterocycles. The van der Waals surface area contributed by atoms with Gasteiger partial charge in [0.2, 0.25) is 5.91 Å². The fourth-order valence-corrected chi connectivity index (χ4v) is 4.29. The summed E-state index contributed by atoms with van der Waals surface area (Å²) in [6.45, 7) is 2.04. The molecule has 4 atom stereocenters. The molecule has 0 aromatic carbocycles. The van der Waals surface area contributed by atoms with Crippen LogP contribution in [0.5, 0.6) is 0 Å². The van der Waals surface area contributed by atoms with Crippen LogP contribution in [0.1, 0.15) is 51.4 Å². The Bertz CT molecular complexity index is 306. The van der Waals surface area contributed by atoms with Crippen molar-refractivity contribution in [3.63, 3.8) is 0 Å². The largest absolute Gasteiger partial charge is 0.342 e. The zero-order valence-electron chi connectivity index (χ0n) is 11.3. The number of carbonyl (C=O) groups excluding carboxylic acids is 1. The first-order valence-corrected chi connectivity index (χ1v) is 7.80. The standard InChI is InChI=1S/C15H26N2O/c16-14-8-3-1-2-7-13(14)15(18)17-9-11-5-4-6-12(11)10-17/h11-14H,1-10,16H2. The van der Waals surface area contributed by atoms with Gasteiger partial charge in [-0.3, -0.25) is 4.79 Å². The fraction of sp³-hybridized carbons (Fsp3) is 0.933. The Kier molecular flexibility index (Phi) is 3.60. The first-order valence-electron chi connectivity index (χ1n) is 7.80. The fourth-order valence-electron chi connectivity index (χ4n) is 4.29. The van der Waals surface area contributed by atoms with E-state index >= 15 is 0 Å². The summed E-state index contributed by atoms with van der Waals surface area (Å²) in [5, 5.41) is 0. The Hall–Kier alpha value is -0.570. The van der Waals surface area contributed by atoms with E-state index in [1.54, 1.807) is 0 Å². The van der Waals surface area contributed by atoms with Crippen molar-refractivity contribution in [2.75, 3.05) is 13.1 Å². The Labute approximate surface area is 110 Å². The van der Waals surface area contributed by atoms with Crippen molar-refractivity contribution < 1.29 is 4.79 Å². The third-order valence-corrected chi connectivity index (χ3v) is 5.42. The lowest BCUT2D eigenvalue weighted by molar-refractivity contribution is -0.135. The van der Waals surface area contributed by atoms with E-state index in [4.69, 9.17) is 5.73 Å². The van der Waals surface area contributed by atoms with Crippen molar-refractivity contribution in [3.8, 4) is 0 Å². The normalized spacial score (nSPS) is 40.6. The highest BCUT2D eigenvalue weighted by atomic mass is 16.2. The Morgan fingerprint density at radius 3 is 2.28 bits per heavy atom. The van der Waals surface area contributed by atoms with Gasteiger partial charge in [-0.05, 0) is 37.5 Å². The van der Waals surface area contributed by atoms with E-state index in [1.165, 1.54) is 38.5 Å². The number of hydrogen-bond donors (Lipinski definition) is 1. The average molecular weight is 250 g/mol. The molecule has 3 nitrogen and oxygen atoms in total. The van der Waals surface area contributed by atoms with Crippen LogP contribution in [-0.2, 0) is 4.79 Å². The van der Waals surface area contributed by atoms with Crippen LogP contribution in [0.15, 0.2) is 0 Å². The Balaban J connectivity index is 1.63. The van der Waals surface area contributed by atoms with Gasteiger partial charge in [-0.2, -0.15) is 0 Å². The summed E-state index contributed by atoms with van der Waals surface area (Å²) in [7, 11) is 0. The van der Waals surface area contributed by atoms with Gasteiger partial charge >= 0.3 is 0 Å². The van der Waals surface area contributed by atoms with Gasteiger partial charge in [-0.15, -0.1) is 0 Å². The van der Waals surface area contributed by atoms with Crippen molar-refractivity contribution >= 4 is 5.91 Å². The molecule has 102 valence electrons. The van der Waals surface area contributed by atoms with E-state index in [1.807, 2.05) is 0 Å². The lowest BCUT2D eigenvalue weighted by Crippen LogP contribution is -2.43. The maximum atomic E-state index is 12.6. The minimum Gasteiger partial charge on any atom is -0.342 e. The molecule has 0 radical (unpaired) electrons. The summed E-state index contributed by atoms with van der Waals surface area (Å²) < 4.78 is 0. The SMILES string of the molecule is NC1CCCCCC1C(=O)N1CC2CCCC2C1. The third kappa shape index (κ3) is 2.29. The molecule has 1 aliphatic heterocycles. The van der Waals surface area contributed by atoms with Crippen LogP contribution in [0.4, 0.5) is 0 Å². The minimum atomic E-state index is 0.112.